The summed E-state index contributed by atoms with van der Waals surface area (Å²) < 4.78 is 13.0. The van der Waals surface area contributed by atoms with Crippen LogP contribution in [0.25, 0.3) is 10.4 Å². The highest BCUT2D eigenvalue weighted by Crippen LogP contribution is 2.25. The van der Waals surface area contributed by atoms with Crippen LogP contribution in [0.3, 0.4) is 0 Å². The molecule has 0 bridgehead atoms. The van der Waals surface area contributed by atoms with Crippen LogP contribution >= 0.6 is 11.3 Å². The third kappa shape index (κ3) is 1.66. The fourth-order valence-corrected chi connectivity index (χ4v) is 1.83. The second-order valence-corrected chi connectivity index (χ2v) is 3.64. The average molecular weight is 202 g/mol. The van der Waals surface area contributed by atoms with E-state index in [2.05, 4.69) is 5.38 Å². The van der Waals surface area contributed by atoms with Gasteiger partial charge in [0.1, 0.15) is 5.82 Å². The Balaban J connectivity index is 2.55. The lowest BCUT2D eigenvalue weighted by Gasteiger charge is -1.98. The second-order valence-electron chi connectivity index (χ2n) is 2.76. The summed E-state index contributed by atoms with van der Waals surface area (Å²) in [7, 11) is 0. The maximum atomic E-state index is 13.0. The van der Waals surface area contributed by atoms with Gasteiger partial charge in [0.25, 0.3) is 0 Å². The van der Waals surface area contributed by atoms with Gasteiger partial charge in [0, 0.05) is 10.3 Å². The largest absolute Gasteiger partial charge is 0.207 e. The monoisotopic (exact) mass is 202 g/mol. The zero-order valence-corrected chi connectivity index (χ0v) is 7.94. The lowest BCUT2D eigenvalue weighted by atomic mass is 10.1. The van der Waals surface area contributed by atoms with E-state index in [-0.39, 0.29) is 5.82 Å². The van der Waals surface area contributed by atoms with Gasteiger partial charge in [0.2, 0.25) is 0 Å². The molecule has 0 spiro atoms. The van der Waals surface area contributed by atoms with E-state index in [1.165, 1.54) is 23.5 Å². The minimum Gasteiger partial charge on any atom is -0.207 e. The highest BCUT2D eigenvalue weighted by Gasteiger charge is 2.03. The van der Waals surface area contributed by atoms with Crippen molar-refractivity contribution in [1.29, 1.82) is 5.26 Å². The maximum Gasteiger partial charge on any atom is 0.125 e. The molecule has 0 saturated heterocycles. The van der Waals surface area contributed by atoms with E-state index >= 15 is 0 Å². The third-order valence-corrected chi connectivity index (χ3v) is 2.63. The van der Waals surface area contributed by atoms with E-state index in [4.69, 9.17) is 5.26 Å². The summed E-state index contributed by atoms with van der Waals surface area (Å²) in [5, 5.41) is 11.6. The summed E-state index contributed by atoms with van der Waals surface area (Å²) in [5.41, 5.74) is 1.07. The molecule has 0 unspecified atom stereocenters. The number of benzene rings is 1. The van der Waals surface area contributed by atoms with Crippen LogP contribution in [0, 0.1) is 22.5 Å². The van der Waals surface area contributed by atoms with Crippen molar-refractivity contribution in [3.63, 3.8) is 0 Å². The number of rotatable bonds is 1. The van der Waals surface area contributed by atoms with E-state index in [1.807, 2.05) is 12.1 Å². The molecule has 1 heterocycles. The Bertz CT molecular complexity index is 482. The highest BCUT2D eigenvalue weighted by molar-refractivity contribution is 7.13. The summed E-state index contributed by atoms with van der Waals surface area (Å²) >= 11 is 1.40. The minimum atomic E-state index is -0.382. The summed E-state index contributed by atoms with van der Waals surface area (Å²) in [6.07, 6.45) is 0. The Labute approximate surface area is 85.1 Å². The van der Waals surface area contributed by atoms with Gasteiger partial charge in [-0.25, -0.2) is 4.39 Å². The first-order chi connectivity index (χ1) is 6.79. The molecule has 1 nitrogen and oxygen atoms in total. The van der Waals surface area contributed by atoms with Gasteiger partial charge in [0.05, 0.1) is 11.6 Å². The van der Waals surface area contributed by atoms with Crippen LogP contribution in [0.2, 0.25) is 0 Å². The lowest BCUT2D eigenvalue weighted by molar-refractivity contribution is 0.628. The van der Waals surface area contributed by atoms with Crippen molar-refractivity contribution >= 4 is 11.3 Å². The molecule has 0 fully saturated rings. The molecule has 1 radical (unpaired) electrons. The Kier molecular flexibility index (Phi) is 2.30. The van der Waals surface area contributed by atoms with Crippen LogP contribution in [0.1, 0.15) is 5.56 Å². The van der Waals surface area contributed by atoms with Crippen LogP contribution < -0.4 is 0 Å². The first-order valence-electron chi connectivity index (χ1n) is 3.96. The van der Waals surface area contributed by atoms with E-state index in [1.54, 1.807) is 12.1 Å². The molecule has 0 aliphatic rings. The smallest absolute Gasteiger partial charge is 0.125 e. The summed E-state index contributed by atoms with van der Waals surface area (Å²) in [4.78, 5) is 0.918. The zero-order valence-electron chi connectivity index (χ0n) is 7.12. The van der Waals surface area contributed by atoms with Gasteiger partial charge in [-0.2, -0.15) is 5.26 Å². The van der Waals surface area contributed by atoms with Crippen LogP contribution in [-0.4, -0.2) is 0 Å². The van der Waals surface area contributed by atoms with Crippen molar-refractivity contribution in [3.05, 3.63) is 47.1 Å². The molecule has 2 aromatic rings. The lowest BCUT2D eigenvalue weighted by Crippen LogP contribution is -1.81. The van der Waals surface area contributed by atoms with Crippen LogP contribution in [0.4, 0.5) is 4.39 Å². The molecule has 0 atom stereocenters. The van der Waals surface area contributed by atoms with Crippen LogP contribution in [0.5, 0.6) is 0 Å². The van der Waals surface area contributed by atoms with Gasteiger partial charge in [0.15, 0.2) is 0 Å². The van der Waals surface area contributed by atoms with Gasteiger partial charge in [-0.1, -0.05) is 0 Å². The van der Waals surface area contributed by atoms with E-state index in [0.717, 1.165) is 10.4 Å². The van der Waals surface area contributed by atoms with Crippen LogP contribution in [0.15, 0.2) is 30.3 Å². The Morgan fingerprint density at radius 2 is 2.21 bits per heavy atom. The molecule has 1 aromatic carbocycles. The molecule has 0 aliphatic heterocycles. The number of thiophene rings is 1. The maximum absolute atomic E-state index is 13.0. The van der Waals surface area contributed by atoms with Gasteiger partial charge in [-0.05, 0) is 35.9 Å². The molecule has 67 valence electrons. The molecule has 0 amide bonds. The summed E-state index contributed by atoms with van der Waals surface area (Å²) in [5.74, 6) is -0.382. The standard InChI is InChI=1S/C11H5FNS/c12-10-5-8(7-13)4-9(6-10)11-2-1-3-14-11/h1-2,4-6H. The number of nitrogens with zero attached hydrogens (tertiary/aromatic N) is 1. The third-order valence-electron chi connectivity index (χ3n) is 1.78. The minimum absolute atomic E-state index is 0.341. The molecule has 14 heavy (non-hydrogen) atoms. The number of halogens is 1. The molecule has 0 N–H and O–H groups in total. The van der Waals surface area contributed by atoms with E-state index in [0.29, 0.717) is 5.56 Å². The molecular weight excluding hydrogens is 197 g/mol. The van der Waals surface area contributed by atoms with E-state index < -0.39 is 0 Å². The first kappa shape index (κ1) is 8.92. The van der Waals surface area contributed by atoms with Gasteiger partial charge >= 0.3 is 0 Å². The Hall–Kier alpha value is -1.66. The topological polar surface area (TPSA) is 23.8 Å². The fourth-order valence-electron chi connectivity index (χ4n) is 1.19. The van der Waals surface area contributed by atoms with Crippen molar-refractivity contribution < 1.29 is 4.39 Å². The second kappa shape index (κ2) is 3.60. The van der Waals surface area contributed by atoms with Crippen LogP contribution in [-0.2, 0) is 0 Å². The van der Waals surface area contributed by atoms with Crippen molar-refractivity contribution in [1.82, 2.24) is 0 Å². The number of hydrogen-bond acceptors (Lipinski definition) is 2. The summed E-state index contributed by atoms with van der Waals surface area (Å²) in [6, 6.07) is 9.86. The van der Waals surface area contributed by atoms with E-state index in [9.17, 15) is 4.39 Å². The highest BCUT2D eigenvalue weighted by atomic mass is 32.1. The normalized spacial score (nSPS) is 9.71. The van der Waals surface area contributed by atoms with Gasteiger partial charge in [-0.15, -0.1) is 11.3 Å². The number of hydrogen-bond donors (Lipinski definition) is 0. The van der Waals surface area contributed by atoms with Gasteiger partial charge in [-0.3, -0.25) is 0 Å². The predicted octanol–water partition coefficient (Wildman–Crippen LogP) is 3.23. The molecule has 3 heteroatoms. The first-order valence-corrected chi connectivity index (χ1v) is 4.78. The Morgan fingerprint density at radius 3 is 2.86 bits per heavy atom. The van der Waals surface area contributed by atoms with Crippen molar-refractivity contribution in [3.8, 4) is 16.5 Å². The predicted molar refractivity (Wildman–Crippen MR) is 53.3 cm³/mol. The SMILES string of the molecule is N#Cc1cc(F)cc(-c2cc[c]s2)c1. The van der Waals surface area contributed by atoms with Crippen molar-refractivity contribution in [2.75, 3.05) is 0 Å². The quantitative estimate of drug-likeness (QED) is 0.696. The molecule has 0 aliphatic carbocycles. The number of nitriles is 1. The molecule has 1 aromatic heterocycles. The Morgan fingerprint density at radius 1 is 1.36 bits per heavy atom. The average Bonchev–Trinajstić information content (AvgIpc) is 2.69. The van der Waals surface area contributed by atoms with Gasteiger partial charge < -0.3 is 0 Å². The summed E-state index contributed by atoms with van der Waals surface area (Å²) in [6.45, 7) is 0. The fraction of sp³-hybridized carbons (Fsp3) is 0. The zero-order chi connectivity index (χ0) is 9.97. The molecule has 0 saturated carbocycles. The molecule has 2 rings (SSSR count). The molecular formula is C11H5FNS. The van der Waals surface area contributed by atoms with Crippen molar-refractivity contribution in [2.45, 2.75) is 0 Å². The van der Waals surface area contributed by atoms with Crippen molar-refractivity contribution in [2.24, 2.45) is 0 Å².